The fourth-order valence-corrected chi connectivity index (χ4v) is 4.55. The number of benzene rings is 2. The van der Waals surface area contributed by atoms with Crippen LogP contribution < -0.4 is 16.0 Å². The lowest BCUT2D eigenvalue weighted by Gasteiger charge is -2.32. The minimum atomic E-state index is -1.25. The van der Waals surface area contributed by atoms with Crippen LogP contribution >= 0.6 is 0 Å². The van der Waals surface area contributed by atoms with E-state index in [0.717, 1.165) is 11.3 Å². The van der Waals surface area contributed by atoms with E-state index >= 15 is 0 Å². The number of nitrogens with zero attached hydrogens (tertiary/aromatic N) is 3. The second kappa shape index (κ2) is 6.28. The maximum atomic E-state index is 13.7. The molecule has 150 valence electrons. The number of nitrogens with two attached hydrogens (primary N) is 1. The number of rotatable bonds is 3. The maximum Gasteiger partial charge on any atom is 0.243 e. The lowest BCUT2D eigenvalue weighted by molar-refractivity contribution is -0.127. The molecule has 2 aromatic carbocycles. The average Bonchev–Trinajstić information content (AvgIpc) is 3.23. The Morgan fingerprint density at radius 2 is 1.80 bits per heavy atom. The van der Waals surface area contributed by atoms with Gasteiger partial charge in [0, 0.05) is 17.7 Å². The lowest BCUT2D eigenvalue weighted by atomic mass is 9.72. The molecule has 8 heteroatoms. The monoisotopic (exact) mass is 401 g/mol. The van der Waals surface area contributed by atoms with Gasteiger partial charge in [-0.25, -0.2) is 4.68 Å². The average molecular weight is 401 g/mol. The summed E-state index contributed by atoms with van der Waals surface area (Å²) < 4.78 is 1.65. The number of nitrogens with one attached hydrogen (secondary N) is 1. The Balaban J connectivity index is 1.76. The van der Waals surface area contributed by atoms with Gasteiger partial charge in [0.1, 0.15) is 17.8 Å². The van der Waals surface area contributed by atoms with Gasteiger partial charge in [-0.1, -0.05) is 36.4 Å². The summed E-state index contributed by atoms with van der Waals surface area (Å²) >= 11 is 0. The van der Waals surface area contributed by atoms with E-state index in [9.17, 15) is 14.4 Å². The molecule has 5 rings (SSSR count). The van der Waals surface area contributed by atoms with Crippen LogP contribution in [0.4, 0.5) is 11.5 Å². The summed E-state index contributed by atoms with van der Waals surface area (Å²) in [5.74, 6) is -0.791. The summed E-state index contributed by atoms with van der Waals surface area (Å²) in [5, 5.41) is 7.41. The van der Waals surface area contributed by atoms with Gasteiger partial charge < -0.3 is 16.0 Å². The zero-order valence-electron chi connectivity index (χ0n) is 16.3. The van der Waals surface area contributed by atoms with E-state index < -0.39 is 11.3 Å². The van der Waals surface area contributed by atoms with Gasteiger partial charge in [0.15, 0.2) is 0 Å². The number of aryl methyl sites for hydroxylation is 1. The Morgan fingerprint density at radius 1 is 1.10 bits per heavy atom. The molecular formula is C22H19N5O3. The standard InChI is InChI=1S/C22H19N5O3/c1-13-6-2-4-8-16(13)27-20-15(11-24-27)22(10-19(29)25-20)14-7-3-5-9-17(14)26(21(22)30)12-18(23)28/h2-9,11H,10,12H2,1H3,(H2,23,28)(H,25,29)/t22-/m1/s1. The highest BCUT2D eigenvalue weighted by Crippen LogP contribution is 2.52. The van der Waals surface area contributed by atoms with Gasteiger partial charge in [-0.15, -0.1) is 0 Å². The molecule has 3 N–H and O–H groups in total. The summed E-state index contributed by atoms with van der Waals surface area (Å²) in [7, 11) is 0. The molecule has 0 radical (unpaired) electrons. The first-order chi connectivity index (χ1) is 14.4. The van der Waals surface area contributed by atoms with Crippen molar-refractivity contribution in [1.29, 1.82) is 0 Å². The predicted octanol–water partition coefficient (Wildman–Crippen LogP) is 1.64. The van der Waals surface area contributed by atoms with Crippen LogP contribution in [0.2, 0.25) is 0 Å². The minimum absolute atomic E-state index is 0.0649. The predicted molar refractivity (Wildman–Crippen MR) is 110 cm³/mol. The lowest BCUT2D eigenvalue weighted by Crippen LogP contribution is -2.48. The minimum Gasteiger partial charge on any atom is -0.368 e. The third-order valence-electron chi connectivity index (χ3n) is 5.84. The molecule has 1 atom stereocenters. The highest BCUT2D eigenvalue weighted by molar-refractivity contribution is 6.17. The summed E-state index contributed by atoms with van der Waals surface area (Å²) in [4.78, 5) is 39.5. The van der Waals surface area contributed by atoms with Crippen LogP contribution in [0, 0.1) is 6.92 Å². The zero-order chi connectivity index (χ0) is 21.0. The SMILES string of the molecule is Cc1ccccc1-n1ncc2c1NC(=O)C[C@]21C(=O)N(CC(N)=O)c2ccccc21. The van der Waals surface area contributed by atoms with Gasteiger partial charge in [-0.2, -0.15) is 5.10 Å². The zero-order valence-corrected chi connectivity index (χ0v) is 16.3. The van der Waals surface area contributed by atoms with Gasteiger partial charge in [0.05, 0.1) is 11.9 Å². The molecule has 3 amide bonds. The molecule has 8 nitrogen and oxygen atoms in total. The summed E-state index contributed by atoms with van der Waals surface area (Å²) in [6.07, 6.45) is 1.56. The van der Waals surface area contributed by atoms with Crippen LogP contribution in [-0.2, 0) is 19.8 Å². The van der Waals surface area contributed by atoms with E-state index in [1.54, 1.807) is 23.0 Å². The third kappa shape index (κ3) is 2.33. The van der Waals surface area contributed by atoms with Crippen molar-refractivity contribution in [2.45, 2.75) is 18.8 Å². The summed E-state index contributed by atoms with van der Waals surface area (Å²) in [6, 6.07) is 14.9. The topological polar surface area (TPSA) is 110 Å². The van der Waals surface area contributed by atoms with Crippen molar-refractivity contribution in [3.8, 4) is 5.69 Å². The van der Waals surface area contributed by atoms with Crippen LogP contribution in [0.5, 0.6) is 0 Å². The van der Waals surface area contributed by atoms with Crippen molar-refractivity contribution in [2.24, 2.45) is 5.73 Å². The summed E-state index contributed by atoms with van der Waals surface area (Å²) in [6.45, 7) is 1.70. The van der Waals surface area contributed by atoms with Crippen molar-refractivity contribution >= 4 is 29.2 Å². The third-order valence-corrected chi connectivity index (χ3v) is 5.84. The van der Waals surface area contributed by atoms with Crippen LogP contribution in [0.25, 0.3) is 5.69 Å². The van der Waals surface area contributed by atoms with Crippen LogP contribution in [0.15, 0.2) is 54.7 Å². The van der Waals surface area contributed by atoms with E-state index in [1.165, 1.54) is 4.90 Å². The molecule has 0 saturated carbocycles. The van der Waals surface area contributed by atoms with E-state index in [4.69, 9.17) is 5.73 Å². The first-order valence-corrected chi connectivity index (χ1v) is 9.57. The molecule has 1 spiro atoms. The number of fused-ring (bicyclic) bond motifs is 4. The first kappa shape index (κ1) is 18.1. The fraction of sp³-hybridized carbons (Fsp3) is 0.182. The Kier molecular flexibility index (Phi) is 3.79. The van der Waals surface area contributed by atoms with Crippen molar-refractivity contribution < 1.29 is 14.4 Å². The number of carbonyl (C=O) groups is 3. The molecule has 0 unspecified atom stereocenters. The van der Waals surface area contributed by atoms with E-state index in [1.807, 2.05) is 43.3 Å². The van der Waals surface area contributed by atoms with Gasteiger partial charge in [0.2, 0.25) is 17.7 Å². The van der Waals surface area contributed by atoms with E-state index in [-0.39, 0.29) is 24.8 Å². The van der Waals surface area contributed by atoms with Crippen molar-refractivity contribution in [3.63, 3.8) is 0 Å². The number of anilines is 2. The van der Waals surface area contributed by atoms with Crippen molar-refractivity contribution in [1.82, 2.24) is 9.78 Å². The quantitative estimate of drug-likeness (QED) is 0.695. The van der Waals surface area contributed by atoms with Crippen molar-refractivity contribution in [2.75, 3.05) is 16.8 Å². The molecule has 0 aliphatic carbocycles. The highest BCUT2D eigenvalue weighted by atomic mass is 16.2. The van der Waals surface area contributed by atoms with Gasteiger partial charge in [-0.3, -0.25) is 14.4 Å². The largest absolute Gasteiger partial charge is 0.368 e. The smallest absolute Gasteiger partial charge is 0.243 e. The molecule has 0 fully saturated rings. The van der Waals surface area contributed by atoms with Gasteiger partial charge in [-0.05, 0) is 30.2 Å². The molecule has 1 aromatic heterocycles. The number of primary amides is 1. The van der Waals surface area contributed by atoms with Crippen molar-refractivity contribution in [3.05, 3.63) is 71.4 Å². The Bertz CT molecular complexity index is 1230. The number of hydrogen-bond acceptors (Lipinski definition) is 4. The van der Waals surface area contributed by atoms with Crippen LogP contribution in [0.1, 0.15) is 23.1 Å². The Labute approximate surface area is 172 Å². The maximum absolute atomic E-state index is 13.7. The molecule has 3 aromatic rings. The number of hydrogen-bond donors (Lipinski definition) is 2. The Hall–Kier alpha value is -3.94. The molecule has 3 heterocycles. The number of para-hydroxylation sites is 2. The summed E-state index contributed by atoms with van der Waals surface area (Å²) in [5.41, 5.74) is 7.81. The second-order valence-electron chi connectivity index (χ2n) is 7.61. The fourth-order valence-electron chi connectivity index (χ4n) is 4.55. The normalized spacial score (nSPS) is 19.6. The molecule has 0 bridgehead atoms. The van der Waals surface area contributed by atoms with E-state index in [2.05, 4.69) is 10.4 Å². The highest BCUT2D eigenvalue weighted by Gasteiger charge is 2.57. The molecule has 30 heavy (non-hydrogen) atoms. The van der Waals surface area contributed by atoms with Crippen LogP contribution in [-0.4, -0.2) is 34.0 Å². The molecule has 2 aliphatic rings. The number of amides is 3. The number of carbonyl (C=O) groups excluding carboxylic acids is 3. The van der Waals surface area contributed by atoms with E-state index in [0.29, 0.717) is 22.6 Å². The Morgan fingerprint density at radius 3 is 2.53 bits per heavy atom. The van der Waals surface area contributed by atoms with Gasteiger partial charge in [0.25, 0.3) is 0 Å². The molecule has 0 saturated heterocycles. The second-order valence-corrected chi connectivity index (χ2v) is 7.61. The van der Waals surface area contributed by atoms with Crippen LogP contribution in [0.3, 0.4) is 0 Å². The number of aromatic nitrogens is 2. The molecular weight excluding hydrogens is 382 g/mol. The first-order valence-electron chi connectivity index (χ1n) is 9.57. The van der Waals surface area contributed by atoms with Gasteiger partial charge >= 0.3 is 0 Å². The molecule has 2 aliphatic heterocycles.